The van der Waals surface area contributed by atoms with Crippen LogP contribution < -0.4 is 15.1 Å². The first-order valence-corrected chi connectivity index (χ1v) is 11.5. The second-order valence-electron chi connectivity index (χ2n) is 9.42. The fourth-order valence-electron chi connectivity index (χ4n) is 4.80. The van der Waals surface area contributed by atoms with E-state index in [2.05, 4.69) is 61.1 Å². The summed E-state index contributed by atoms with van der Waals surface area (Å²) in [4.78, 5) is 30.8. The van der Waals surface area contributed by atoms with E-state index in [4.69, 9.17) is 0 Å². The monoisotopic (exact) mass is 434 g/mol. The summed E-state index contributed by atoms with van der Waals surface area (Å²) in [6.45, 7) is 10.5. The van der Waals surface area contributed by atoms with E-state index in [9.17, 15) is 9.59 Å². The van der Waals surface area contributed by atoms with E-state index in [1.54, 1.807) is 0 Å². The summed E-state index contributed by atoms with van der Waals surface area (Å²) < 4.78 is 0. The average molecular weight is 435 g/mol. The molecule has 2 aliphatic heterocycles. The molecule has 2 atom stereocenters. The highest BCUT2D eigenvalue weighted by molar-refractivity contribution is 5.95. The van der Waals surface area contributed by atoms with Crippen LogP contribution in [0.3, 0.4) is 0 Å². The van der Waals surface area contributed by atoms with Gasteiger partial charge in [-0.1, -0.05) is 18.2 Å². The Kier molecular flexibility index (Phi) is 6.13. The maximum atomic E-state index is 12.9. The number of fused-ring (bicyclic) bond motifs is 1. The van der Waals surface area contributed by atoms with Gasteiger partial charge in [0.25, 0.3) is 5.91 Å². The lowest BCUT2D eigenvalue weighted by Crippen LogP contribution is -2.48. The summed E-state index contributed by atoms with van der Waals surface area (Å²) in [7, 11) is 2.16. The maximum absolute atomic E-state index is 12.9. The molecule has 1 fully saturated rings. The molecule has 0 aromatic heterocycles. The summed E-state index contributed by atoms with van der Waals surface area (Å²) in [5.74, 6) is -0.0215. The van der Waals surface area contributed by atoms with E-state index in [0.29, 0.717) is 30.7 Å². The minimum Gasteiger partial charge on any atom is -0.368 e. The molecule has 2 amide bonds. The van der Waals surface area contributed by atoms with Crippen LogP contribution in [0.1, 0.15) is 44.5 Å². The fraction of sp³-hybridized carbons (Fsp3) is 0.462. The first-order valence-electron chi connectivity index (χ1n) is 11.5. The number of likely N-dealkylation sites (N-methyl/N-ethyl adjacent to an activating group) is 1. The summed E-state index contributed by atoms with van der Waals surface area (Å²) in [6.07, 6.45) is 0.804. The van der Waals surface area contributed by atoms with Crippen molar-refractivity contribution >= 4 is 23.2 Å². The van der Waals surface area contributed by atoms with Gasteiger partial charge in [0.05, 0.1) is 11.4 Å². The average Bonchev–Trinajstić information content (AvgIpc) is 3.23. The van der Waals surface area contributed by atoms with Gasteiger partial charge in [0.1, 0.15) is 0 Å². The number of likely N-dealkylation sites (tertiary alicyclic amines) is 1. The predicted octanol–water partition coefficient (Wildman–Crippen LogP) is 3.76. The highest BCUT2D eigenvalue weighted by Gasteiger charge is 2.28. The van der Waals surface area contributed by atoms with Gasteiger partial charge in [0, 0.05) is 57.3 Å². The number of carbonyl (C=O) groups excluding carboxylic acids is 2. The molecule has 2 heterocycles. The van der Waals surface area contributed by atoms with Gasteiger partial charge in [-0.3, -0.25) is 9.59 Å². The van der Waals surface area contributed by atoms with Gasteiger partial charge in [0.2, 0.25) is 5.91 Å². The van der Waals surface area contributed by atoms with Gasteiger partial charge < -0.3 is 20.0 Å². The number of rotatable bonds is 4. The van der Waals surface area contributed by atoms with E-state index in [1.807, 2.05) is 29.2 Å². The number of hydrogen-bond donors (Lipinski definition) is 1. The third-order valence-electron chi connectivity index (χ3n) is 6.76. The topological polar surface area (TPSA) is 55.9 Å². The van der Waals surface area contributed by atoms with Crippen molar-refractivity contribution in [1.29, 1.82) is 0 Å². The van der Waals surface area contributed by atoms with Crippen molar-refractivity contribution in [2.75, 3.05) is 36.5 Å². The van der Waals surface area contributed by atoms with Crippen molar-refractivity contribution in [3.05, 3.63) is 48.0 Å². The van der Waals surface area contributed by atoms with Crippen LogP contribution in [0.15, 0.2) is 42.5 Å². The van der Waals surface area contributed by atoms with Gasteiger partial charge in [-0.25, -0.2) is 0 Å². The Bertz CT molecular complexity index is 1000. The zero-order valence-electron chi connectivity index (χ0n) is 19.8. The zero-order chi connectivity index (χ0) is 23.0. The number of hydrogen-bond acceptors (Lipinski definition) is 4. The SMILES string of the molecule is CC(=O)N[C@H]1CCN(C(=O)c2ccc(-c3ccc4c(c3)N(C(C)C)C[C@H](C)N4C)cc2)C1. The van der Waals surface area contributed by atoms with Gasteiger partial charge in [-0.05, 0) is 62.6 Å². The van der Waals surface area contributed by atoms with Crippen molar-refractivity contribution in [1.82, 2.24) is 10.2 Å². The Balaban J connectivity index is 1.53. The Morgan fingerprint density at radius 1 is 1.00 bits per heavy atom. The minimum absolute atomic E-state index is 0.0245. The molecular formula is C26H34N4O2. The number of benzene rings is 2. The van der Waals surface area contributed by atoms with Crippen LogP contribution in [0.4, 0.5) is 11.4 Å². The Hall–Kier alpha value is -3.02. The van der Waals surface area contributed by atoms with Crippen LogP contribution in [-0.2, 0) is 4.79 Å². The molecule has 170 valence electrons. The summed E-state index contributed by atoms with van der Waals surface area (Å²) in [6, 6.07) is 15.5. The highest BCUT2D eigenvalue weighted by Crippen LogP contribution is 2.38. The number of carbonyl (C=O) groups is 2. The van der Waals surface area contributed by atoms with Crippen molar-refractivity contribution in [2.45, 2.75) is 52.2 Å². The van der Waals surface area contributed by atoms with E-state index in [0.717, 1.165) is 24.1 Å². The molecule has 1 N–H and O–H groups in total. The van der Waals surface area contributed by atoms with Crippen LogP contribution in [0, 0.1) is 0 Å². The molecule has 0 aliphatic carbocycles. The first kappa shape index (κ1) is 22.2. The quantitative estimate of drug-likeness (QED) is 0.796. The molecule has 1 saturated heterocycles. The van der Waals surface area contributed by atoms with Gasteiger partial charge in [-0.15, -0.1) is 0 Å². The van der Waals surface area contributed by atoms with E-state index < -0.39 is 0 Å². The zero-order valence-corrected chi connectivity index (χ0v) is 19.8. The largest absolute Gasteiger partial charge is 0.368 e. The molecule has 0 bridgehead atoms. The van der Waals surface area contributed by atoms with Gasteiger partial charge in [-0.2, -0.15) is 0 Å². The molecule has 0 saturated carbocycles. The molecule has 0 spiro atoms. The molecular weight excluding hydrogens is 400 g/mol. The Labute approximate surface area is 191 Å². The lowest BCUT2D eigenvalue weighted by Gasteiger charge is -2.43. The lowest BCUT2D eigenvalue weighted by molar-refractivity contribution is -0.119. The van der Waals surface area contributed by atoms with E-state index in [1.165, 1.54) is 18.3 Å². The molecule has 6 heteroatoms. The minimum atomic E-state index is -0.0459. The standard InChI is InChI=1S/C26H34N4O2/c1-17(2)30-15-18(3)28(5)24-11-10-22(14-25(24)30)20-6-8-21(9-7-20)26(32)29-13-12-23(16-29)27-19(4)31/h6-11,14,17-18,23H,12-13,15-16H2,1-5H3,(H,27,31)/t18-,23-/m0/s1. The van der Waals surface area contributed by atoms with Crippen molar-refractivity contribution in [2.24, 2.45) is 0 Å². The molecule has 0 unspecified atom stereocenters. The third kappa shape index (κ3) is 4.31. The van der Waals surface area contributed by atoms with Crippen LogP contribution in [0.25, 0.3) is 11.1 Å². The smallest absolute Gasteiger partial charge is 0.253 e. The second-order valence-corrected chi connectivity index (χ2v) is 9.42. The molecule has 2 aromatic rings. The molecule has 0 radical (unpaired) electrons. The van der Waals surface area contributed by atoms with Gasteiger partial charge in [0.15, 0.2) is 0 Å². The molecule has 4 rings (SSSR count). The number of anilines is 2. The first-order chi connectivity index (χ1) is 15.2. The Morgan fingerprint density at radius 2 is 1.69 bits per heavy atom. The summed E-state index contributed by atoms with van der Waals surface area (Å²) in [5, 5.41) is 2.91. The van der Waals surface area contributed by atoms with Crippen molar-refractivity contribution in [3.63, 3.8) is 0 Å². The van der Waals surface area contributed by atoms with E-state index in [-0.39, 0.29) is 17.9 Å². The van der Waals surface area contributed by atoms with Crippen LogP contribution in [0.2, 0.25) is 0 Å². The van der Waals surface area contributed by atoms with E-state index >= 15 is 0 Å². The molecule has 32 heavy (non-hydrogen) atoms. The summed E-state index contributed by atoms with van der Waals surface area (Å²) in [5.41, 5.74) is 5.47. The normalized spacial score (nSPS) is 20.5. The lowest BCUT2D eigenvalue weighted by atomic mass is 9.99. The summed E-state index contributed by atoms with van der Waals surface area (Å²) >= 11 is 0. The molecule has 2 aliphatic rings. The number of nitrogens with zero attached hydrogens (tertiary/aromatic N) is 3. The van der Waals surface area contributed by atoms with Crippen LogP contribution in [0.5, 0.6) is 0 Å². The number of nitrogens with one attached hydrogen (secondary N) is 1. The fourth-order valence-corrected chi connectivity index (χ4v) is 4.80. The molecule has 6 nitrogen and oxygen atoms in total. The Morgan fingerprint density at radius 3 is 2.34 bits per heavy atom. The van der Waals surface area contributed by atoms with Crippen molar-refractivity contribution in [3.8, 4) is 11.1 Å². The van der Waals surface area contributed by atoms with Crippen LogP contribution >= 0.6 is 0 Å². The second kappa shape index (κ2) is 8.85. The predicted molar refractivity (Wildman–Crippen MR) is 130 cm³/mol. The third-order valence-corrected chi connectivity index (χ3v) is 6.76. The molecule has 2 aromatic carbocycles. The highest BCUT2D eigenvalue weighted by atomic mass is 16.2. The van der Waals surface area contributed by atoms with Crippen LogP contribution in [-0.4, -0.2) is 61.5 Å². The number of amides is 2. The maximum Gasteiger partial charge on any atom is 0.253 e. The van der Waals surface area contributed by atoms with Crippen molar-refractivity contribution < 1.29 is 9.59 Å². The van der Waals surface area contributed by atoms with Gasteiger partial charge >= 0.3 is 0 Å².